The fourth-order valence-corrected chi connectivity index (χ4v) is 1.34. The highest BCUT2D eigenvalue weighted by Crippen LogP contribution is 2.09. The molecule has 0 saturated heterocycles. The fraction of sp³-hybridized carbons (Fsp3) is 0.0909. The van der Waals surface area contributed by atoms with Gasteiger partial charge in [0.15, 0.2) is 0 Å². The van der Waals surface area contributed by atoms with Gasteiger partial charge in [-0.15, -0.1) is 0 Å². The Bertz CT molecular complexity index is 544. The van der Waals surface area contributed by atoms with Crippen LogP contribution in [-0.4, -0.2) is 11.1 Å². The second-order valence-corrected chi connectivity index (χ2v) is 3.86. The predicted molar refractivity (Wildman–Crippen MR) is 71.1 cm³/mol. The summed E-state index contributed by atoms with van der Waals surface area (Å²) in [5, 5.41) is -0.190. The molecule has 1 rings (SSSR count). The van der Waals surface area contributed by atoms with E-state index in [1.807, 2.05) is 5.43 Å². The minimum absolute atomic E-state index is 0.0241. The number of aliphatic imine (C=N–C) groups is 1. The minimum Gasteiger partial charge on any atom is -0.394 e. The van der Waals surface area contributed by atoms with Crippen molar-refractivity contribution in [1.82, 2.24) is 5.43 Å². The lowest BCUT2D eigenvalue weighted by atomic mass is 10.2. The van der Waals surface area contributed by atoms with Crippen LogP contribution in [0.3, 0.4) is 0 Å². The molecule has 1 aromatic rings. The maximum atomic E-state index is 13.3. The third-order valence-electron chi connectivity index (χ3n) is 2.23. The number of nitrogens with one attached hydrogen (secondary N) is 1. The molecule has 0 heterocycles. The van der Waals surface area contributed by atoms with E-state index in [-0.39, 0.29) is 23.1 Å². The smallest absolute Gasteiger partial charge is 0.283 e. The summed E-state index contributed by atoms with van der Waals surface area (Å²) in [7, 11) is 0. The van der Waals surface area contributed by atoms with E-state index >= 15 is 0 Å². The molecule has 0 aliphatic carbocycles. The first-order chi connectivity index (χ1) is 8.97. The quantitative estimate of drug-likeness (QED) is 0.206. The van der Waals surface area contributed by atoms with E-state index < -0.39 is 11.7 Å². The molecule has 19 heavy (non-hydrogen) atoms. The van der Waals surface area contributed by atoms with Crippen LogP contribution in [0.4, 0.5) is 4.39 Å². The van der Waals surface area contributed by atoms with Crippen molar-refractivity contribution >= 4 is 22.7 Å². The molecule has 8 heteroatoms. The average Bonchev–Trinajstić information content (AvgIpc) is 2.43. The molecule has 0 bridgehead atoms. The van der Waals surface area contributed by atoms with E-state index in [1.54, 1.807) is 18.2 Å². The highest BCUT2D eigenvalue weighted by atomic mass is 35.5. The Labute approximate surface area is 114 Å². The predicted octanol–water partition coefficient (Wildman–Crippen LogP) is 0.0819. The van der Waals surface area contributed by atoms with Gasteiger partial charge in [-0.3, -0.25) is 15.2 Å². The molecule has 1 aromatic carbocycles. The summed E-state index contributed by atoms with van der Waals surface area (Å²) in [6.07, 6.45) is 0. The molecule has 0 saturated carbocycles. The number of rotatable bonds is 4. The number of halogens is 2. The molecule has 102 valence electrons. The summed E-state index contributed by atoms with van der Waals surface area (Å²) < 4.78 is 13.3. The standard InChI is InChI=1S/C11H13ClFN5O/c12-10(8(14)9(15)11(19)18-16)17-5-6-3-1-2-4-7(6)13/h1-4H,5,14-16H2,(H,18,19)/b9-8+,17-10?. The van der Waals surface area contributed by atoms with E-state index in [0.717, 1.165) is 0 Å². The first-order valence-electron chi connectivity index (χ1n) is 5.17. The Morgan fingerprint density at radius 3 is 2.53 bits per heavy atom. The Morgan fingerprint density at radius 2 is 1.95 bits per heavy atom. The van der Waals surface area contributed by atoms with Gasteiger partial charge in [0.25, 0.3) is 5.91 Å². The number of allylic oxidation sites excluding steroid dienone is 1. The number of amides is 1. The Morgan fingerprint density at radius 1 is 1.32 bits per heavy atom. The van der Waals surface area contributed by atoms with E-state index in [9.17, 15) is 9.18 Å². The van der Waals surface area contributed by atoms with Gasteiger partial charge in [0.2, 0.25) is 0 Å². The number of hydrogen-bond donors (Lipinski definition) is 4. The highest BCUT2D eigenvalue weighted by Gasteiger charge is 2.11. The van der Waals surface area contributed by atoms with Crippen molar-refractivity contribution in [1.29, 1.82) is 0 Å². The topological polar surface area (TPSA) is 120 Å². The molecule has 0 fully saturated rings. The first-order valence-corrected chi connectivity index (χ1v) is 5.55. The highest BCUT2D eigenvalue weighted by molar-refractivity contribution is 6.69. The van der Waals surface area contributed by atoms with Gasteiger partial charge >= 0.3 is 0 Å². The molecule has 6 nitrogen and oxygen atoms in total. The van der Waals surface area contributed by atoms with Crippen LogP contribution in [-0.2, 0) is 11.3 Å². The Balaban J connectivity index is 2.89. The van der Waals surface area contributed by atoms with Crippen LogP contribution < -0.4 is 22.7 Å². The van der Waals surface area contributed by atoms with Crippen LogP contribution in [0, 0.1) is 5.82 Å². The van der Waals surface area contributed by atoms with Crippen molar-refractivity contribution < 1.29 is 9.18 Å². The zero-order valence-electron chi connectivity index (χ0n) is 9.86. The number of hydrogen-bond acceptors (Lipinski definition) is 5. The van der Waals surface area contributed by atoms with Crippen molar-refractivity contribution in [2.24, 2.45) is 22.3 Å². The third kappa shape index (κ3) is 3.94. The summed E-state index contributed by atoms with van der Waals surface area (Å²) in [4.78, 5) is 15.0. The third-order valence-corrected chi connectivity index (χ3v) is 2.56. The zero-order valence-corrected chi connectivity index (χ0v) is 10.6. The van der Waals surface area contributed by atoms with E-state index in [1.165, 1.54) is 6.07 Å². The molecule has 0 aliphatic heterocycles. The monoisotopic (exact) mass is 285 g/mol. The van der Waals surface area contributed by atoms with Crippen LogP contribution in [0.5, 0.6) is 0 Å². The maximum absolute atomic E-state index is 13.3. The number of nitrogens with zero attached hydrogens (tertiary/aromatic N) is 1. The SMILES string of the molecule is NNC(=O)/C(N)=C(\N)C(Cl)=NCc1ccccc1F. The normalized spacial score (nSPS) is 12.9. The lowest BCUT2D eigenvalue weighted by Gasteiger charge is -2.05. The number of hydrazine groups is 1. The molecular formula is C11H13ClFN5O. The first kappa shape index (κ1) is 14.9. The lowest BCUT2D eigenvalue weighted by Crippen LogP contribution is -2.36. The molecule has 0 aliphatic rings. The molecular weight excluding hydrogens is 273 g/mol. The van der Waals surface area contributed by atoms with Gasteiger partial charge in [-0.25, -0.2) is 10.2 Å². The van der Waals surface area contributed by atoms with E-state index in [4.69, 9.17) is 28.9 Å². The van der Waals surface area contributed by atoms with E-state index in [2.05, 4.69) is 4.99 Å². The zero-order chi connectivity index (χ0) is 14.4. The van der Waals surface area contributed by atoms with Gasteiger partial charge in [-0.05, 0) is 6.07 Å². The van der Waals surface area contributed by atoms with Gasteiger partial charge < -0.3 is 11.5 Å². The van der Waals surface area contributed by atoms with Gasteiger partial charge in [0, 0.05) is 5.56 Å². The lowest BCUT2D eigenvalue weighted by molar-refractivity contribution is -0.117. The van der Waals surface area contributed by atoms with Gasteiger partial charge in [0.05, 0.1) is 12.2 Å². The molecule has 0 atom stereocenters. The summed E-state index contributed by atoms with van der Waals surface area (Å²) in [5.74, 6) is 3.70. The van der Waals surface area contributed by atoms with Crippen LogP contribution in [0.1, 0.15) is 5.56 Å². The number of carbonyl (C=O) groups excluding carboxylic acids is 1. The summed E-state index contributed by atoms with van der Waals surface area (Å²) >= 11 is 5.77. The molecule has 0 aromatic heterocycles. The van der Waals surface area contributed by atoms with Gasteiger partial charge in [0.1, 0.15) is 16.7 Å². The molecule has 7 N–H and O–H groups in total. The van der Waals surface area contributed by atoms with Crippen LogP contribution in [0.25, 0.3) is 0 Å². The summed E-state index contributed by atoms with van der Waals surface area (Å²) in [6, 6.07) is 6.08. The number of benzene rings is 1. The number of carbonyl (C=O) groups is 1. The van der Waals surface area contributed by atoms with Crippen LogP contribution >= 0.6 is 11.6 Å². The molecule has 1 amide bonds. The molecule has 0 spiro atoms. The summed E-state index contributed by atoms with van der Waals surface area (Å²) in [5.41, 5.74) is 12.5. The number of nitrogens with two attached hydrogens (primary N) is 3. The fourth-order valence-electron chi connectivity index (χ4n) is 1.18. The van der Waals surface area contributed by atoms with Crippen molar-refractivity contribution in [2.75, 3.05) is 0 Å². The van der Waals surface area contributed by atoms with Crippen LogP contribution in [0.15, 0.2) is 40.7 Å². The second kappa shape index (κ2) is 6.72. The van der Waals surface area contributed by atoms with Crippen molar-refractivity contribution in [2.45, 2.75) is 6.54 Å². The molecule has 0 unspecified atom stereocenters. The Kier molecular flexibility index (Phi) is 5.28. The van der Waals surface area contributed by atoms with Crippen molar-refractivity contribution in [3.05, 3.63) is 47.0 Å². The summed E-state index contributed by atoms with van der Waals surface area (Å²) in [6.45, 7) is -0.0241. The van der Waals surface area contributed by atoms with Crippen LogP contribution in [0.2, 0.25) is 0 Å². The Hall–Kier alpha value is -2.12. The maximum Gasteiger partial charge on any atom is 0.283 e. The van der Waals surface area contributed by atoms with Crippen molar-refractivity contribution in [3.63, 3.8) is 0 Å². The second-order valence-electron chi connectivity index (χ2n) is 3.50. The minimum atomic E-state index is -0.781. The molecule has 0 radical (unpaired) electrons. The van der Waals surface area contributed by atoms with Gasteiger partial charge in [-0.1, -0.05) is 29.8 Å². The largest absolute Gasteiger partial charge is 0.394 e. The van der Waals surface area contributed by atoms with Gasteiger partial charge in [-0.2, -0.15) is 0 Å². The average molecular weight is 286 g/mol. The van der Waals surface area contributed by atoms with Crippen molar-refractivity contribution in [3.8, 4) is 0 Å². The van der Waals surface area contributed by atoms with E-state index in [0.29, 0.717) is 5.56 Å².